The van der Waals surface area contributed by atoms with Crippen LogP contribution in [-0.4, -0.2) is 31.7 Å². The first-order chi connectivity index (χ1) is 7.99. The fourth-order valence-electron chi connectivity index (χ4n) is 3.00. The standard InChI is InChI=1S/C14H24O3/c1-13(2)5-7-14(16-3,8-6-13)12(15)11-4-9-17-10-11/h11H,4-10H2,1-3H3. The maximum absolute atomic E-state index is 12.6. The van der Waals surface area contributed by atoms with E-state index in [0.29, 0.717) is 12.0 Å². The van der Waals surface area contributed by atoms with Crippen molar-refractivity contribution in [2.24, 2.45) is 11.3 Å². The van der Waals surface area contributed by atoms with Crippen molar-refractivity contribution in [3.8, 4) is 0 Å². The molecular weight excluding hydrogens is 216 g/mol. The number of Topliss-reactive ketones (excluding diaryl/α,β-unsaturated/α-hetero) is 1. The molecule has 1 atom stereocenters. The van der Waals surface area contributed by atoms with Crippen LogP contribution in [-0.2, 0) is 14.3 Å². The molecule has 3 heteroatoms. The van der Waals surface area contributed by atoms with Crippen LogP contribution in [0, 0.1) is 11.3 Å². The first-order valence-corrected chi connectivity index (χ1v) is 6.66. The summed E-state index contributed by atoms with van der Waals surface area (Å²) in [7, 11) is 1.69. The molecule has 3 nitrogen and oxygen atoms in total. The second-order valence-electron chi connectivity index (χ2n) is 6.29. The summed E-state index contributed by atoms with van der Waals surface area (Å²) >= 11 is 0. The van der Waals surface area contributed by atoms with Gasteiger partial charge in [0.1, 0.15) is 5.60 Å². The Morgan fingerprint density at radius 1 is 1.24 bits per heavy atom. The van der Waals surface area contributed by atoms with E-state index < -0.39 is 5.60 Å². The van der Waals surface area contributed by atoms with Gasteiger partial charge in [-0.3, -0.25) is 4.79 Å². The number of ketones is 1. The summed E-state index contributed by atoms with van der Waals surface area (Å²) in [6.07, 6.45) is 4.74. The zero-order chi connectivity index (χ0) is 12.5. The summed E-state index contributed by atoms with van der Waals surface area (Å²) in [6, 6.07) is 0. The van der Waals surface area contributed by atoms with Crippen LogP contribution in [0.3, 0.4) is 0 Å². The molecule has 0 radical (unpaired) electrons. The fourth-order valence-corrected chi connectivity index (χ4v) is 3.00. The quantitative estimate of drug-likeness (QED) is 0.760. The van der Waals surface area contributed by atoms with Crippen LogP contribution in [0.25, 0.3) is 0 Å². The summed E-state index contributed by atoms with van der Waals surface area (Å²) in [5.41, 5.74) is -0.164. The largest absolute Gasteiger partial charge is 0.381 e. The molecule has 98 valence electrons. The molecule has 1 aliphatic heterocycles. The van der Waals surface area contributed by atoms with Crippen molar-refractivity contribution in [2.75, 3.05) is 20.3 Å². The van der Waals surface area contributed by atoms with Gasteiger partial charge in [-0.1, -0.05) is 13.8 Å². The highest BCUT2D eigenvalue weighted by atomic mass is 16.5. The first-order valence-electron chi connectivity index (χ1n) is 6.66. The van der Waals surface area contributed by atoms with Gasteiger partial charge < -0.3 is 9.47 Å². The van der Waals surface area contributed by atoms with Gasteiger partial charge in [0.25, 0.3) is 0 Å². The topological polar surface area (TPSA) is 35.5 Å². The summed E-state index contributed by atoms with van der Waals surface area (Å²) in [5, 5.41) is 0. The average molecular weight is 240 g/mol. The molecular formula is C14H24O3. The minimum atomic E-state index is -0.520. The lowest BCUT2D eigenvalue weighted by Gasteiger charge is -2.42. The minimum absolute atomic E-state index is 0.0659. The lowest BCUT2D eigenvalue weighted by Crippen LogP contribution is -2.48. The Morgan fingerprint density at radius 3 is 2.35 bits per heavy atom. The molecule has 17 heavy (non-hydrogen) atoms. The fraction of sp³-hybridized carbons (Fsp3) is 0.929. The van der Waals surface area contributed by atoms with E-state index in [0.717, 1.165) is 38.7 Å². The van der Waals surface area contributed by atoms with Gasteiger partial charge in [-0.15, -0.1) is 0 Å². The molecule has 0 amide bonds. The molecule has 1 heterocycles. The van der Waals surface area contributed by atoms with Crippen LogP contribution < -0.4 is 0 Å². The highest BCUT2D eigenvalue weighted by Gasteiger charge is 2.46. The Labute approximate surface area is 104 Å². The molecule has 0 bridgehead atoms. The third-order valence-electron chi connectivity index (χ3n) is 4.55. The van der Waals surface area contributed by atoms with Crippen molar-refractivity contribution in [1.29, 1.82) is 0 Å². The molecule has 0 N–H and O–H groups in total. The van der Waals surface area contributed by atoms with Gasteiger partial charge in [0.15, 0.2) is 5.78 Å². The van der Waals surface area contributed by atoms with Crippen LogP contribution in [0.2, 0.25) is 0 Å². The molecule has 1 saturated carbocycles. The monoisotopic (exact) mass is 240 g/mol. The van der Waals surface area contributed by atoms with Crippen molar-refractivity contribution in [3.05, 3.63) is 0 Å². The average Bonchev–Trinajstić information content (AvgIpc) is 2.82. The molecule has 0 aromatic heterocycles. The number of hydrogen-bond acceptors (Lipinski definition) is 3. The van der Waals surface area contributed by atoms with E-state index >= 15 is 0 Å². The third kappa shape index (κ3) is 2.55. The smallest absolute Gasteiger partial charge is 0.170 e. The van der Waals surface area contributed by atoms with Crippen LogP contribution in [0.15, 0.2) is 0 Å². The molecule has 0 aromatic rings. The number of methoxy groups -OCH3 is 1. The number of rotatable bonds is 3. The summed E-state index contributed by atoms with van der Waals surface area (Å²) < 4.78 is 11.0. The van der Waals surface area contributed by atoms with Crippen molar-refractivity contribution in [3.63, 3.8) is 0 Å². The van der Waals surface area contributed by atoms with Gasteiger partial charge in [-0.2, -0.15) is 0 Å². The number of carbonyl (C=O) groups is 1. The van der Waals surface area contributed by atoms with Gasteiger partial charge in [-0.25, -0.2) is 0 Å². The Bertz CT molecular complexity index is 280. The highest BCUT2D eigenvalue weighted by Crippen LogP contribution is 2.43. The van der Waals surface area contributed by atoms with Crippen LogP contribution >= 0.6 is 0 Å². The predicted octanol–water partition coefficient (Wildman–Crippen LogP) is 2.58. The zero-order valence-corrected chi connectivity index (χ0v) is 11.3. The Hall–Kier alpha value is -0.410. The molecule has 1 unspecified atom stereocenters. The van der Waals surface area contributed by atoms with Crippen molar-refractivity contribution >= 4 is 5.78 Å². The third-order valence-corrected chi connectivity index (χ3v) is 4.55. The van der Waals surface area contributed by atoms with Gasteiger partial charge in [-0.05, 0) is 37.5 Å². The SMILES string of the molecule is COC1(C(=O)C2CCOC2)CCC(C)(C)CC1. The second-order valence-corrected chi connectivity index (χ2v) is 6.29. The summed E-state index contributed by atoms with van der Waals surface area (Å²) in [5.74, 6) is 0.351. The van der Waals surface area contributed by atoms with E-state index in [2.05, 4.69) is 13.8 Å². The van der Waals surface area contributed by atoms with E-state index in [4.69, 9.17) is 9.47 Å². The number of ether oxygens (including phenoxy) is 2. The molecule has 2 rings (SSSR count). The van der Waals surface area contributed by atoms with Gasteiger partial charge in [0, 0.05) is 19.6 Å². The van der Waals surface area contributed by atoms with Crippen LogP contribution in [0.5, 0.6) is 0 Å². The van der Waals surface area contributed by atoms with Crippen LogP contribution in [0.1, 0.15) is 46.0 Å². The molecule has 2 fully saturated rings. The Kier molecular flexibility index (Phi) is 3.60. The Balaban J connectivity index is 2.07. The molecule has 0 spiro atoms. The van der Waals surface area contributed by atoms with Gasteiger partial charge >= 0.3 is 0 Å². The van der Waals surface area contributed by atoms with E-state index in [1.165, 1.54) is 0 Å². The lowest BCUT2D eigenvalue weighted by atomic mass is 9.68. The van der Waals surface area contributed by atoms with Gasteiger partial charge in [0.2, 0.25) is 0 Å². The normalized spacial score (nSPS) is 31.4. The maximum Gasteiger partial charge on any atom is 0.170 e. The summed E-state index contributed by atoms with van der Waals surface area (Å²) in [4.78, 5) is 12.6. The molecule has 1 saturated heterocycles. The number of carbonyl (C=O) groups excluding carboxylic acids is 1. The van der Waals surface area contributed by atoms with E-state index in [1.807, 2.05) is 0 Å². The highest BCUT2D eigenvalue weighted by molar-refractivity contribution is 5.90. The summed E-state index contributed by atoms with van der Waals surface area (Å²) in [6.45, 7) is 5.86. The molecule has 2 aliphatic rings. The first kappa shape index (κ1) is 13.0. The van der Waals surface area contributed by atoms with Gasteiger partial charge in [0.05, 0.1) is 6.61 Å². The van der Waals surface area contributed by atoms with E-state index in [9.17, 15) is 4.79 Å². The minimum Gasteiger partial charge on any atom is -0.381 e. The Morgan fingerprint density at radius 2 is 1.88 bits per heavy atom. The molecule has 0 aromatic carbocycles. The zero-order valence-electron chi connectivity index (χ0n) is 11.3. The lowest BCUT2D eigenvalue weighted by molar-refractivity contribution is -0.152. The van der Waals surface area contributed by atoms with Crippen molar-refractivity contribution < 1.29 is 14.3 Å². The second kappa shape index (κ2) is 4.69. The maximum atomic E-state index is 12.6. The van der Waals surface area contributed by atoms with E-state index in [1.54, 1.807) is 7.11 Å². The van der Waals surface area contributed by atoms with Crippen molar-refractivity contribution in [1.82, 2.24) is 0 Å². The number of hydrogen-bond donors (Lipinski definition) is 0. The van der Waals surface area contributed by atoms with Crippen LogP contribution in [0.4, 0.5) is 0 Å². The van der Waals surface area contributed by atoms with E-state index in [-0.39, 0.29) is 11.7 Å². The predicted molar refractivity (Wildman–Crippen MR) is 65.9 cm³/mol. The van der Waals surface area contributed by atoms with Crippen molar-refractivity contribution in [2.45, 2.75) is 51.6 Å². The molecule has 1 aliphatic carbocycles.